The highest BCUT2D eigenvalue weighted by Gasteiger charge is 2.19. The first-order valence-corrected chi connectivity index (χ1v) is 12.3. The van der Waals surface area contributed by atoms with Gasteiger partial charge in [0.2, 0.25) is 0 Å². The van der Waals surface area contributed by atoms with Gasteiger partial charge in [-0.2, -0.15) is 0 Å². The average Bonchev–Trinajstić information content (AvgIpc) is 2.71. The molecule has 1 saturated heterocycles. The smallest absolute Gasteiger partial charge is 0.306 e. The third kappa shape index (κ3) is 14.4. The number of carbonyl (C=O) groups is 1. The minimum atomic E-state index is -0.608. The second-order valence-electron chi connectivity index (χ2n) is 8.66. The van der Waals surface area contributed by atoms with Gasteiger partial charge in [-0.3, -0.25) is 9.69 Å². The first-order valence-electron chi connectivity index (χ1n) is 12.3. The molecule has 166 valence electrons. The Morgan fingerprint density at radius 3 is 1.71 bits per heavy atom. The zero-order valence-electron chi connectivity index (χ0n) is 18.6. The van der Waals surface area contributed by atoms with E-state index < -0.39 is 5.97 Å². The predicted octanol–water partition coefficient (Wildman–Crippen LogP) is 6.28. The average molecular weight is 398 g/mol. The van der Waals surface area contributed by atoms with Crippen LogP contribution in [0.4, 0.5) is 0 Å². The number of rotatable bonds is 19. The lowest BCUT2D eigenvalue weighted by molar-refractivity contribution is -0.142. The molecule has 0 aromatic heterocycles. The summed E-state index contributed by atoms with van der Waals surface area (Å²) in [4.78, 5) is 13.8. The molecule has 0 bridgehead atoms. The highest BCUT2D eigenvalue weighted by Crippen LogP contribution is 2.17. The summed E-state index contributed by atoms with van der Waals surface area (Å²) in [5, 5.41) is 9.46. The summed E-state index contributed by atoms with van der Waals surface area (Å²) in [5.41, 5.74) is 0. The van der Waals surface area contributed by atoms with Crippen molar-refractivity contribution in [2.75, 3.05) is 32.8 Å². The van der Waals surface area contributed by atoms with Gasteiger partial charge < -0.3 is 9.84 Å². The van der Waals surface area contributed by atoms with Crippen molar-refractivity contribution >= 4 is 5.97 Å². The van der Waals surface area contributed by atoms with E-state index in [1.54, 1.807) is 0 Å². The highest BCUT2D eigenvalue weighted by molar-refractivity contribution is 5.69. The molecule has 1 N–H and O–H groups in total. The maximum absolute atomic E-state index is 11.5. The molecule has 0 aliphatic carbocycles. The molecule has 0 aromatic rings. The molecule has 4 heteroatoms. The maximum atomic E-state index is 11.5. The third-order valence-electron chi connectivity index (χ3n) is 6.15. The van der Waals surface area contributed by atoms with Crippen molar-refractivity contribution in [2.24, 2.45) is 5.92 Å². The zero-order chi connectivity index (χ0) is 20.3. The predicted molar refractivity (Wildman–Crippen MR) is 118 cm³/mol. The molecule has 1 aliphatic heterocycles. The summed E-state index contributed by atoms with van der Waals surface area (Å²) >= 11 is 0. The standard InChI is InChI=1S/C24H47NO3/c1-2-3-4-5-6-7-8-9-10-11-12-13-14-15-16-23(24(26)27)17-18-25-19-21-28-22-20-25/h23H,2-22H2,1H3,(H,26,27). The lowest BCUT2D eigenvalue weighted by atomic mass is 9.96. The molecule has 4 nitrogen and oxygen atoms in total. The van der Waals surface area contributed by atoms with Gasteiger partial charge in [0.05, 0.1) is 19.1 Å². The Labute approximate surface area is 174 Å². The van der Waals surface area contributed by atoms with Gasteiger partial charge in [0.15, 0.2) is 0 Å². The van der Waals surface area contributed by atoms with E-state index in [4.69, 9.17) is 4.74 Å². The van der Waals surface area contributed by atoms with E-state index in [-0.39, 0.29) is 5.92 Å². The molecule has 1 heterocycles. The molecule has 0 amide bonds. The Morgan fingerprint density at radius 1 is 0.786 bits per heavy atom. The van der Waals surface area contributed by atoms with Gasteiger partial charge in [-0.25, -0.2) is 0 Å². The van der Waals surface area contributed by atoms with Gasteiger partial charge >= 0.3 is 5.97 Å². The van der Waals surface area contributed by atoms with Crippen LogP contribution in [0.3, 0.4) is 0 Å². The number of morpholine rings is 1. The van der Waals surface area contributed by atoms with E-state index >= 15 is 0 Å². The van der Waals surface area contributed by atoms with Crippen molar-refractivity contribution in [2.45, 2.75) is 110 Å². The molecule has 0 radical (unpaired) electrons. The van der Waals surface area contributed by atoms with Crippen LogP contribution in [0, 0.1) is 5.92 Å². The summed E-state index contributed by atoms with van der Waals surface area (Å²) in [7, 11) is 0. The van der Waals surface area contributed by atoms with Gasteiger partial charge in [0.1, 0.15) is 0 Å². The SMILES string of the molecule is CCCCCCCCCCCCCCCCC(CCN1CCOCC1)C(=O)O. The zero-order valence-corrected chi connectivity index (χ0v) is 18.6. The Balaban J connectivity index is 1.88. The van der Waals surface area contributed by atoms with Crippen molar-refractivity contribution in [1.82, 2.24) is 4.90 Å². The molecule has 1 fully saturated rings. The Bertz CT molecular complexity index is 356. The van der Waals surface area contributed by atoms with Gasteiger partial charge in [-0.15, -0.1) is 0 Å². The maximum Gasteiger partial charge on any atom is 0.306 e. The second-order valence-corrected chi connectivity index (χ2v) is 8.66. The van der Waals surface area contributed by atoms with E-state index in [1.807, 2.05) is 0 Å². The van der Waals surface area contributed by atoms with Gasteiger partial charge in [-0.05, 0) is 19.4 Å². The molecule has 1 unspecified atom stereocenters. The molecule has 1 rings (SSSR count). The second kappa shape index (κ2) is 18.4. The van der Waals surface area contributed by atoms with Gasteiger partial charge in [-0.1, -0.05) is 96.8 Å². The van der Waals surface area contributed by atoms with Crippen LogP contribution in [0.2, 0.25) is 0 Å². The number of carboxylic acid groups (broad SMARTS) is 1. The fraction of sp³-hybridized carbons (Fsp3) is 0.958. The quantitative estimate of drug-likeness (QED) is 0.261. The van der Waals surface area contributed by atoms with E-state index in [9.17, 15) is 9.90 Å². The summed E-state index contributed by atoms with van der Waals surface area (Å²) in [6.45, 7) is 6.65. The number of hydrogen-bond donors (Lipinski definition) is 1. The van der Waals surface area contributed by atoms with Crippen LogP contribution in [0.15, 0.2) is 0 Å². The lowest BCUT2D eigenvalue weighted by Crippen LogP contribution is -2.38. The largest absolute Gasteiger partial charge is 0.481 e. The topological polar surface area (TPSA) is 49.8 Å². The molecular formula is C24H47NO3. The first-order chi connectivity index (χ1) is 13.7. The molecule has 0 spiro atoms. The van der Waals surface area contributed by atoms with Crippen molar-refractivity contribution in [3.05, 3.63) is 0 Å². The van der Waals surface area contributed by atoms with Crippen molar-refractivity contribution in [1.29, 1.82) is 0 Å². The minimum absolute atomic E-state index is 0.167. The normalized spacial score (nSPS) is 16.3. The number of hydrogen-bond acceptors (Lipinski definition) is 3. The minimum Gasteiger partial charge on any atom is -0.481 e. The molecule has 0 aromatic carbocycles. The van der Waals surface area contributed by atoms with Crippen molar-refractivity contribution in [3.8, 4) is 0 Å². The van der Waals surface area contributed by atoms with Crippen LogP contribution in [0.1, 0.15) is 110 Å². The van der Waals surface area contributed by atoms with Crippen LogP contribution in [0.5, 0.6) is 0 Å². The molecule has 1 atom stereocenters. The summed E-state index contributed by atoms with van der Waals surface area (Å²) in [6, 6.07) is 0. The number of aliphatic carboxylic acids is 1. The Morgan fingerprint density at radius 2 is 1.25 bits per heavy atom. The highest BCUT2D eigenvalue weighted by atomic mass is 16.5. The van der Waals surface area contributed by atoms with Crippen LogP contribution in [-0.2, 0) is 9.53 Å². The lowest BCUT2D eigenvalue weighted by Gasteiger charge is -2.27. The number of carboxylic acids is 1. The van der Waals surface area contributed by atoms with E-state index in [0.29, 0.717) is 0 Å². The van der Waals surface area contributed by atoms with Crippen LogP contribution in [-0.4, -0.2) is 48.8 Å². The molecule has 0 saturated carbocycles. The van der Waals surface area contributed by atoms with Crippen LogP contribution < -0.4 is 0 Å². The van der Waals surface area contributed by atoms with E-state index in [2.05, 4.69) is 11.8 Å². The first kappa shape index (κ1) is 25.4. The van der Waals surface area contributed by atoms with Crippen molar-refractivity contribution in [3.63, 3.8) is 0 Å². The molecule has 1 aliphatic rings. The number of unbranched alkanes of at least 4 members (excludes halogenated alkanes) is 13. The van der Waals surface area contributed by atoms with E-state index in [1.165, 1.54) is 83.5 Å². The molecule has 28 heavy (non-hydrogen) atoms. The van der Waals surface area contributed by atoms with E-state index in [0.717, 1.165) is 52.1 Å². The summed E-state index contributed by atoms with van der Waals surface area (Å²) in [5.74, 6) is -0.775. The monoisotopic (exact) mass is 397 g/mol. The Hall–Kier alpha value is -0.610. The van der Waals surface area contributed by atoms with Crippen molar-refractivity contribution < 1.29 is 14.6 Å². The van der Waals surface area contributed by atoms with Gasteiger partial charge in [0, 0.05) is 13.1 Å². The molecular weight excluding hydrogens is 350 g/mol. The van der Waals surface area contributed by atoms with Crippen LogP contribution in [0.25, 0.3) is 0 Å². The van der Waals surface area contributed by atoms with Gasteiger partial charge in [0.25, 0.3) is 0 Å². The fourth-order valence-electron chi connectivity index (χ4n) is 4.14. The fourth-order valence-corrected chi connectivity index (χ4v) is 4.14. The Kier molecular flexibility index (Phi) is 16.7. The summed E-state index contributed by atoms with van der Waals surface area (Å²) in [6.07, 6.45) is 20.5. The number of nitrogens with zero attached hydrogens (tertiary/aromatic N) is 1. The van der Waals surface area contributed by atoms with Crippen LogP contribution >= 0.6 is 0 Å². The number of ether oxygens (including phenoxy) is 1. The third-order valence-corrected chi connectivity index (χ3v) is 6.15. The summed E-state index contributed by atoms with van der Waals surface area (Å²) < 4.78 is 5.35.